The van der Waals surface area contributed by atoms with Crippen molar-refractivity contribution in [1.82, 2.24) is 0 Å². The van der Waals surface area contributed by atoms with E-state index in [4.69, 9.17) is 16.9 Å². The van der Waals surface area contributed by atoms with Crippen LogP contribution in [-0.2, 0) is 4.79 Å². The van der Waals surface area contributed by atoms with Crippen molar-refractivity contribution < 1.29 is 9.90 Å². The molecule has 2 aromatic carbocycles. The highest BCUT2D eigenvalue weighted by molar-refractivity contribution is 6.30. The molecule has 0 aliphatic heterocycles. The van der Waals surface area contributed by atoms with E-state index in [1.165, 1.54) is 24.3 Å². The Morgan fingerprint density at radius 2 is 2.09 bits per heavy atom. The highest BCUT2D eigenvalue weighted by Crippen LogP contribution is 2.24. The maximum absolute atomic E-state index is 12.1. The normalized spacial score (nSPS) is 10.9. The number of benzene rings is 2. The number of amides is 1. The lowest BCUT2D eigenvalue weighted by atomic mass is 10.1. The molecule has 0 heterocycles. The minimum atomic E-state index is -0.549. The molecule has 0 aliphatic carbocycles. The molecule has 4 nitrogen and oxygen atoms in total. The van der Waals surface area contributed by atoms with Crippen LogP contribution in [-0.4, -0.2) is 11.0 Å². The molecular weight excluding hydrogens is 300 g/mol. The van der Waals surface area contributed by atoms with Gasteiger partial charge in [-0.05, 0) is 48.9 Å². The first-order chi connectivity index (χ1) is 10.5. The molecule has 2 rings (SSSR count). The van der Waals surface area contributed by atoms with Crippen LogP contribution in [0.1, 0.15) is 11.1 Å². The maximum atomic E-state index is 12.1. The quantitative estimate of drug-likeness (QED) is 0.667. The second kappa shape index (κ2) is 6.79. The molecule has 0 aromatic heterocycles. The number of aryl methyl sites for hydroxylation is 1. The lowest BCUT2D eigenvalue weighted by molar-refractivity contribution is -0.112. The van der Waals surface area contributed by atoms with E-state index in [2.05, 4.69) is 5.32 Å². The Labute approximate surface area is 133 Å². The van der Waals surface area contributed by atoms with Crippen LogP contribution in [0.2, 0.25) is 5.02 Å². The number of nitrogens with one attached hydrogen (secondary N) is 1. The van der Waals surface area contributed by atoms with Gasteiger partial charge in [0.1, 0.15) is 17.4 Å². The molecule has 0 unspecified atom stereocenters. The fourth-order valence-corrected chi connectivity index (χ4v) is 2.05. The Kier molecular flexibility index (Phi) is 4.82. The molecule has 0 spiro atoms. The summed E-state index contributed by atoms with van der Waals surface area (Å²) in [6, 6.07) is 13.5. The highest BCUT2D eigenvalue weighted by atomic mass is 35.5. The molecule has 2 aromatic rings. The first-order valence-electron chi connectivity index (χ1n) is 6.48. The van der Waals surface area contributed by atoms with Crippen LogP contribution in [0.3, 0.4) is 0 Å². The van der Waals surface area contributed by atoms with Crippen molar-refractivity contribution in [3.05, 3.63) is 64.2 Å². The van der Waals surface area contributed by atoms with Crippen LogP contribution in [0, 0.1) is 18.3 Å². The molecule has 22 heavy (non-hydrogen) atoms. The second-order valence-electron chi connectivity index (χ2n) is 4.70. The van der Waals surface area contributed by atoms with Crippen molar-refractivity contribution in [2.75, 3.05) is 5.32 Å². The highest BCUT2D eigenvalue weighted by Gasteiger charge is 2.11. The number of hydrogen-bond donors (Lipinski definition) is 2. The van der Waals surface area contributed by atoms with Crippen molar-refractivity contribution in [3.63, 3.8) is 0 Å². The van der Waals surface area contributed by atoms with E-state index < -0.39 is 5.91 Å². The number of aromatic hydroxyl groups is 1. The van der Waals surface area contributed by atoms with Gasteiger partial charge in [-0.1, -0.05) is 23.7 Å². The van der Waals surface area contributed by atoms with Crippen LogP contribution in [0.5, 0.6) is 5.75 Å². The van der Waals surface area contributed by atoms with E-state index in [1.54, 1.807) is 12.1 Å². The number of nitrogens with zero attached hydrogens (tertiary/aromatic N) is 1. The number of nitriles is 1. The van der Waals surface area contributed by atoms with Crippen molar-refractivity contribution in [1.29, 1.82) is 5.26 Å². The number of phenolic OH excluding ortho intramolecular Hbond substituents is 1. The zero-order valence-electron chi connectivity index (χ0n) is 11.8. The summed E-state index contributed by atoms with van der Waals surface area (Å²) in [5.74, 6) is -0.604. The van der Waals surface area contributed by atoms with E-state index in [9.17, 15) is 9.90 Å². The molecule has 0 saturated carbocycles. The number of halogens is 1. The average Bonchev–Trinajstić information content (AvgIpc) is 2.48. The fourth-order valence-electron chi connectivity index (χ4n) is 1.87. The predicted molar refractivity (Wildman–Crippen MR) is 86.5 cm³/mol. The van der Waals surface area contributed by atoms with Gasteiger partial charge in [-0.2, -0.15) is 5.26 Å². The number of carbonyl (C=O) groups excluding carboxylic acids is 1. The van der Waals surface area contributed by atoms with Crippen molar-refractivity contribution in [2.45, 2.75) is 6.92 Å². The molecule has 5 heteroatoms. The second-order valence-corrected chi connectivity index (χ2v) is 5.13. The van der Waals surface area contributed by atoms with Crippen LogP contribution < -0.4 is 5.32 Å². The lowest BCUT2D eigenvalue weighted by Gasteiger charge is -2.06. The van der Waals surface area contributed by atoms with Crippen LogP contribution in [0.15, 0.2) is 48.0 Å². The standard InChI is InChI=1S/C17H13ClN2O2/c1-11-3-2-4-15(7-11)20-17(22)13(10-19)8-12-9-14(18)5-6-16(12)21/h2-9,21H,1H3,(H,20,22)/b13-8-. The smallest absolute Gasteiger partial charge is 0.266 e. The van der Waals surface area contributed by atoms with Gasteiger partial charge in [-0.3, -0.25) is 4.79 Å². The van der Waals surface area contributed by atoms with Crippen molar-refractivity contribution >= 4 is 29.3 Å². The topological polar surface area (TPSA) is 73.1 Å². The molecule has 0 aliphatic rings. The molecular formula is C17H13ClN2O2. The molecule has 0 fully saturated rings. The molecule has 0 atom stereocenters. The van der Waals surface area contributed by atoms with Crippen molar-refractivity contribution in [2.24, 2.45) is 0 Å². The van der Waals surface area contributed by atoms with Crippen LogP contribution in [0.4, 0.5) is 5.69 Å². The Bertz CT molecular complexity index is 791. The average molecular weight is 313 g/mol. The van der Waals surface area contributed by atoms with Gasteiger partial charge in [-0.15, -0.1) is 0 Å². The molecule has 1 amide bonds. The Hall–Kier alpha value is -2.77. The molecule has 0 saturated heterocycles. The summed E-state index contributed by atoms with van der Waals surface area (Å²) < 4.78 is 0. The molecule has 110 valence electrons. The fraction of sp³-hybridized carbons (Fsp3) is 0.0588. The van der Waals surface area contributed by atoms with E-state index >= 15 is 0 Å². The third kappa shape index (κ3) is 3.87. The minimum absolute atomic E-state index is 0.0551. The summed E-state index contributed by atoms with van der Waals surface area (Å²) in [6.07, 6.45) is 1.30. The van der Waals surface area contributed by atoms with Gasteiger partial charge in [0.25, 0.3) is 5.91 Å². The molecule has 0 radical (unpaired) electrons. The summed E-state index contributed by atoms with van der Waals surface area (Å²) in [4.78, 5) is 12.1. The first-order valence-corrected chi connectivity index (χ1v) is 6.86. The lowest BCUT2D eigenvalue weighted by Crippen LogP contribution is -2.13. The molecule has 0 bridgehead atoms. The summed E-state index contributed by atoms with van der Waals surface area (Å²) >= 11 is 5.85. The predicted octanol–water partition coefficient (Wildman–Crippen LogP) is 3.90. The summed E-state index contributed by atoms with van der Waals surface area (Å²) in [5, 5.41) is 21.9. The maximum Gasteiger partial charge on any atom is 0.266 e. The van der Waals surface area contributed by atoms with E-state index in [-0.39, 0.29) is 11.3 Å². The third-order valence-electron chi connectivity index (χ3n) is 2.93. The van der Waals surface area contributed by atoms with Gasteiger partial charge in [0, 0.05) is 16.3 Å². The Morgan fingerprint density at radius 1 is 1.32 bits per heavy atom. The largest absolute Gasteiger partial charge is 0.507 e. The Balaban J connectivity index is 2.28. The summed E-state index contributed by atoms with van der Waals surface area (Å²) in [5.41, 5.74) is 1.77. The van der Waals surface area contributed by atoms with E-state index in [1.807, 2.05) is 25.1 Å². The van der Waals surface area contributed by atoms with Gasteiger partial charge in [-0.25, -0.2) is 0 Å². The monoisotopic (exact) mass is 312 g/mol. The number of phenols is 1. The van der Waals surface area contributed by atoms with E-state index in [0.717, 1.165) is 5.56 Å². The van der Waals surface area contributed by atoms with Gasteiger partial charge >= 0.3 is 0 Å². The van der Waals surface area contributed by atoms with Gasteiger partial charge < -0.3 is 10.4 Å². The summed E-state index contributed by atoms with van der Waals surface area (Å²) in [6.45, 7) is 1.90. The summed E-state index contributed by atoms with van der Waals surface area (Å²) in [7, 11) is 0. The SMILES string of the molecule is Cc1cccc(NC(=O)/C(C#N)=C\c2cc(Cl)ccc2O)c1. The zero-order valence-corrected chi connectivity index (χ0v) is 12.6. The van der Waals surface area contributed by atoms with Gasteiger partial charge in [0.15, 0.2) is 0 Å². The van der Waals surface area contributed by atoms with Crippen LogP contribution >= 0.6 is 11.6 Å². The van der Waals surface area contributed by atoms with Crippen molar-refractivity contribution in [3.8, 4) is 11.8 Å². The number of rotatable bonds is 3. The number of carbonyl (C=O) groups is 1. The Morgan fingerprint density at radius 3 is 2.77 bits per heavy atom. The molecule has 2 N–H and O–H groups in total. The first kappa shape index (κ1) is 15.6. The third-order valence-corrected chi connectivity index (χ3v) is 3.17. The zero-order chi connectivity index (χ0) is 16.1. The van der Waals surface area contributed by atoms with Gasteiger partial charge in [0.2, 0.25) is 0 Å². The van der Waals surface area contributed by atoms with Gasteiger partial charge in [0.05, 0.1) is 0 Å². The van der Waals surface area contributed by atoms with E-state index in [0.29, 0.717) is 16.3 Å². The minimum Gasteiger partial charge on any atom is -0.507 e. The number of hydrogen-bond acceptors (Lipinski definition) is 3. The number of anilines is 1. The van der Waals surface area contributed by atoms with Crippen LogP contribution in [0.25, 0.3) is 6.08 Å².